The van der Waals surface area contributed by atoms with Crippen LogP contribution >= 0.6 is 0 Å². The molecule has 11 nitrogen and oxygen atoms in total. The van der Waals surface area contributed by atoms with E-state index in [1.54, 1.807) is 31.9 Å². The summed E-state index contributed by atoms with van der Waals surface area (Å²) in [5, 5.41) is 13.9. The number of hydrogen-bond donors (Lipinski definition) is 2. The molecule has 3 heterocycles. The number of rotatable bonds is 7. The molecule has 11 heteroatoms. The molecule has 0 saturated carbocycles. The van der Waals surface area contributed by atoms with Gasteiger partial charge in [0.1, 0.15) is 12.1 Å². The number of aromatic nitrogens is 5. The summed E-state index contributed by atoms with van der Waals surface area (Å²) >= 11 is 0. The predicted octanol–water partition coefficient (Wildman–Crippen LogP) is 2.54. The van der Waals surface area contributed by atoms with Crippen molar-refractivity contribution in [1.29, 1.82) is 0 Å². The molecule has 1 aliphatic heterocycles. The van der Waals surface area contributed by atoms with Crippen LogP contribution in [0.5, 0.6) is 0 Å². The fourth-order valence-electron chi connectivity index (χ4n) is 4.86. The van der Waals surface area contributed by atoms with Gasteiger partial charge in [-0.15, -0.1) is 0 Å². The third-order valence-corrected chi connectivity index (χ3v) is 6.75. The van der Waals surface area contributed by atoms with Crippen LogP contribution in [0.1, 0.15) is 48.8 Å². The van der Waals surface area contributed by atoms with Crippen molar-refractivity contribution in [3.05, 3.63) is 64.7 Å². The van der Waals surface area contributed by atoms with Crippen LogP contribution in [-0.2, 0) is 41.8 Å². The second-order valence-electron chi connectivity index (χ2n) is 10.9. The van der Waals surface area contributed by atoms with Crippen molar-refractivity contribution in [2.75, 3.05) is 25.0 Å². The van der Waals surface area contributed by atoms with E-state index in [4.69, 9.17) is 9.72 Å². The average molecular weight is 519 g/mol. The maximum absolute atomic E-state index is 13.2. The molecule has 0 spiro atoms. The number of amides is 2. The highest BCUT2D eigenvalue weighted by molar-refractivity contribution is 5.82. The van der Waals surface area contributed by atoms with Crippen molar-refractivity contribution in [1.82, 2.24) is 35.2 Å². The van der Waals surface area contributed by atoms with Gasteiger partial charge in [-0.2, -0.15) is 15.4 Å². The zero-order valence-corrected chi connectivity index (χ0v) is 22.1. The van der Waals surface area contributed by atoms with Gasteiger partial charge in [0.15, 0.2) is 0 Å². The summed E-state index contributed by atoms with van der Waals surface area (Å²) in [5.74, 6) is 0.484. The van der Waals surface area contributed by atoms with E-state index < -0.39 is 11.7 Å². The molecular weight excluding hydrogens is 484 g/mol. The van der Waals surface area contributed by atoms with E-state index in [9.17, 15) is 9.59 Å². The highest BCUT2D eigenvalue weighted by atomic mass is 16.6. The molecule has 0 radical (unpaired) electrons. The first-order chi connectivity index (χ1) is 18.2. The number of nitrogens with one attached hydrogen (secondary N) is 2. The molecule has 0 saturated heterocycles. The first-order valence-electron chi connectivity index (χ1n) is 13.0. The Morgan fingerprint density at radius 2 is 1.92 bits per heavy atom. The number of benzene rings is 1. The monoisotopic (exact) mass is 518 g/mol. The summed E-state index contributed by atoms with van der Waals surface area (Å²) in [6.07, 6.45) is 5.90. The molecule has 0 fully saturated rings. The van der Waals surface area contributed by atoms with Crippen molar-refractivity contribution in [3.63, 3.8) is 0 Å². The van der Waals surface area contributed by atoms with Gasteiger partial charge in [-0.25, -0.2) is 14.8 Å². The molecule has 38 heavy (non-hydrogen) atoms. The van der Waals surface area contributed by atoms with E-state index in [-0.39, 0.29) is 18.5 Å². The van der Waals surface area contributed by atoms with Crippen LogP contribution in [0.15, 0.2) is 36.7 Å². The van der Waals surface area contributed by atoms with Gasteiger partial charge in [0.05, 0.1) is 17.6 Å². The Kier molecular flexibility index (Phi) is 7.26. The van der Waals surface area contributed by atoms with Crippen LogP contribution in [-0.4, -0.2) is 78.5 Å². The second-order valence-corrected chi connectivity index (χ2v) is 10.9. The van der Waals surface area contributed by atoms with Crippen molar-refractivity contribution < 1.29 is 14.3 Å². The summed E-state index contributed by atoms with van der Waals surface area (Å²) in [7, 11) is 0. The summed E-state index contributed by atoms with van der Waals surface area (Å²) < 4.78 is 5.55. The van der Waals surface area contributed by atoms with Crippen molar-refractivity contribution >= 4 is 17.9 Å². The minimum Gasteiger partial charge on any atom is -0.444 e. The van der Waals surface area contributed by atoms with Crippen LogP contribution in [0.2, 0.25) is 0 Å². The molecule has 0 atom stereocenters. The third-order valence-electron chi connectivity index (χ3n) is 6.75. The number of H-pyrrole nitrogens is 1. The van der Waals surface area contributed by atoms with Gasteiger partial charge in [0.25, 0.3) is 0 Å². The zero-order valence-electron chi connectivity index (χ0n) is 22.1. The number of anilines is 1. The topological polar surface area (TPSA) is 129 Å². The lowest BCUT2D eigenvalue weighted by molar-refractivity contribution is -0.133. The van der Waals surface area contributed by atoms with Gasteiger partial charge in [-0.3, -0.25) is 9.69 Å². The Bertz CT molecular complexity index is 1260. The Morgan fingerprint density at radius 1 is 1.16 bits per heavy atom. The number of ether oxygens (including phenoxy) is 1. The lowest BCUT2D eigenvalue weighted by Crippen LogP contribution is -2.46. The molecule has 5 rings (SSSR count). The summed E-state index contributed by atoms with van der Waals surface area (Å²) in [6, 6.07) is 8.78. The second kappa shape index (κ2) is 10.8. The number of aromatic amines is 1. The highest BCUT2D eigenvalue weighted by Crippen LogP contribution is 2.25. The summed E-state index contributed by atoms with van der Waals surface area (Å²) in [5.41, 5.74) is 4.67. The minimum atomic E-state index is -0.666. The normalized spacial score (nSPS) is 15.1. The van der Waals surface area contributed by atoms with E-state index in [1.807, 2.05) is 6.20 Å². The maximum atomic E-state index is 13.2. The van der Waals surface area contributed by atoms with Gasteiger partial charge in [-0.1, -0.05) is 24.3 Å². The molecule has 0 bridgehead atoms. The number of fused-ring (bicyclic) bond motifs is 2. The van der Waals surface area contributed by atoms with Crippen molar-refractivity contribution in [2.24, 2.45) is 0 Å². The van der Waals surface area contributed by atoms with E-state index in [0.717, 1.165) is 24.1 Å². The Hall–Kier alpha value is -4.02. The molecule has 2 amide bonds. The van der Waals surface area contributed by atoms with E-state index >= 15 is 0 Å². The number of carbonyl (C=O) groups excluding carboxylic acids is 2. The van der Waals surface area contributed by atoms with Crippen molar-refractivity contribution in [3.8, 4) is 0 Å². The molecule has 200 valence electrons. The van der Waals surface area contributed by atoms with Crippen LogP contribution < -0.4 is 5.32 Å². The van der Waals surface area contributed by atoms with Crippen LogP contribution in [0.4, 0.5) is 10.7 Å². The van der Waals surface area contributed by atoms with Gasteiger partial charge in [0, 0.05) is 50.3 Å². The van der Waals surface area contributed by atoms with Gasteiger partial charge >= 0.3 is 6.09 Å². The Balaban J connectivity index is 1.19. The highest BCUT2D eigenvalue weighted by Gasteiger charge is 2.29. The molecule has 3 aromatic rings. The molecule has 2 N–H and O–H groups in total. The number of nitrogens with zero attached hydrogens (tertiary/aromatic N) is 6. The van der Waals surface area contributed by atoms with Crippen LogP contribution in [0.3, 0.4) is 0 Å². The van der Waals surface area contributed by atoms with Gasteiger partial charge < -0.3 is 15.0 Å². The van der Waals surface area contributed by atoms with Gasteiger partial charge in [0.2, 0.25) is 11.9 Å². The number of carbonyl (C=O) groups is 2. The largest absolute Gasteiger partial charge is 0.444 e. The summed E-state index contributed by atoms with van der Waals surface area (Å²) in [6.45, 7) is 6.57. The lowest BCUT2D eigenvalue weighted by atomic mass is 10.1. The van der Waals surface area contributed by atoms with E-state index in [0.29, 0.717) is 44.1 Å². The molecule has 2 aromatic heterocycles. The van der Waals surface area contributed by atoms with E-state index in [2.05, 4.69) is 50.0 Å². The summed E-state index contributed by atoms with van der Waals surface area (Å²) in [4.78, 5) is 38.6. The SMILES string of the molecule is CC(C)(C)OC(=O)N(CCc1cn[nH]n1)CC(=O)N1CCc2nc(NC3Cc4ccccc4C3)ncc2C1. The van der Waals surface area contributed by atoms with Gasteiger partial charge in [-0.05, 0) is 44.7 Å². The van der Waals surface area contributed by atoms with E-state index in [1.165, 1.54) is 16.0 Å². The van der Waals surface area contributed by atoms with Crippen molar-refractivity contribution in [2.45, 2.75) is 64.6 Å². The molecule has 1 aliphatic carbocycles. The minimum absolute atomic E-state index is 0.0785. The fourth-order valence-corrected chi connectivity index (χ4v) is 4.86. The van der Waals surface area contributed by atoms with Crippen LogP contribution in [0, 0.1) is 0 Å². The Morgan fingerprint density at radius 3 is 2.61 bits per heavy atom. The fraction of sp³-hybridized carbons (Fsp3) is 0.481. The molecule has 2 aliphatic rings. The predicted molar refractivity (Wildman–Crippen MR) is 140 cm³/mol. The Labute approximate surface area is 222 Å². The molecular formula is C27H34N8O3. The lowest BCUT2D eigenvalue weighted by Gasteiger charge is -2.32. The van der Waals surface area contributed by atoms with Crippen LogP contribution in [0.25, 0.3) is 0 Å². The molecule has 0 unspecified atom stereocenters. The first kappa shape index (κ1) is 25.6. The maximum Gasteiger partial charge on any atom is 0.410 e. The third kappa shape index (κ3) is 6.27. The molecule has 1 aromatic carbocycles. The quantitative estimate of drug-likeness (QED) is 0.488. The number of hydrogen-bond acceptors (Lipinski definition) is 8. The first-order valence-corrected chi connectivity index (χ1v) is 13.0. The zero-order chi connectivity index (χ0) is 26.7. The smallest absolute Gasteiger partial charge is 0.410 e. The standard InChI is InChI=1S/C27H34N8O3/c1-27(2,3)38-26(37)35(10-8-21-15-29-33-32-21)17-24(36)34-11-9-23-20(16-34)14-28-25(31-23)30-22-12-18-6-4-5-7-19(18)13-22/h4-7,14-15,22H,8-13,16-17H2,1-3H3,(H,28,30,31)(H,29,32,33). The average Bonchev–Trinajstić information content (AvgIpc) is 3.54.